The van der Waals surface area contributed by atoms with Crippen LogP contribution in [0.1, 0.15) is 19.3 Å². The Morgan fingerprint density at radius 1 is 0.906 bits per heavy atom. The molecule has 3 N–H and O–H groups in total. The van der Waals surface area contributed by atoms with Crippen LogP contribution in [0.2, 0.25) is 0 Å². The Bertz CT molecular complexity index is 913. The van der Waals surface area contributed by atoms with Crippen LogP contribution in [-0.2, 0) is 9.59 Å². The summed E-state index contributed by atoms with van der Waals surface area (Å²) in [6, 6.07) is 16.5. The Hall–Kier alpha value is -3.26. The fraction of sp³-hybridized carbons (Fsp3) is 0.417. The van der Waals surface area contributed by atoms with Crippen molar-refractivity contribution in [2.75, 3.05) is 31.1 Å². The lowest BCUT2D eigenvalue weighted by Gasteiger charge is -2.40. The van der Waals surface area contributed by atoms with Gasteiger partial charge in [-0.05, 0) is 55.7 Å². The van der Waals surface area contributed by atoms with Gasteiger partial charge in [0.15, 0.2) is 0 Å². The minimum Gasteiger partial charge on any atom is -0.508 e. The van der Waals surface area contributed by atoms with E-state index in [2.05, 4.69) is 17.0 Å². The van der Waals surface area contributed by atoms with Gasteiger partial charge in [-0.3, -0.25) is 14.8 Å². The summed E-state index contributed by atoms with van der Waals surface area (Å²) in [5.41, 5.74) is 2.88. The van der Waals surface area contributed by atoms with Gasteiger partial charge < -0.3 is 19.6 Å². The average Bonchev–Trinajstić information content (AvgIpc) is 2.85. The van der Waals surface area contributed by atoms with Gasteiger partial charge in [-0.2, -0.15) is 0 Å². The highest BCUT2D eigenvalue weighted by molar-refractivity contribution is 5.87. The molecule has 0 spiro atoms. The largest absolute Gasteiger partial charge is 0.508 e. The highest BCUT2D eigenvalue weighted by Gasteiger charge is 2.42. The average molecular weight is 440 g/mol. The number of phenolic OH excluding ortho intramolecular Hbond substituents is 1. The molecule has 2 aromatic rings. The second kappa shape index (κ2) is 9.91. The van der Waals surface area contributed by atoms with Crippen molar-refractivity contribution in [1.82, 2.24) is 10.4 Å². The summed E-state index contributed by atoms with van der Waals surface area (Å²) >= 11 is 0. The van der Waals surface area contributed by atoms with Crippen molar-refractivity contribution in [1.29, 1.82) is 0 Å². The zero-order valence-corrected chi connectivity index (χ0v) is 17.9. The van der Waals surface area contributed by atoms with Gasteiger partial charge in [0.05, 0.1) is 17.9 Å². The summed E-state index contributed by atoms with van der Waals surface area (Å²) in [5, 5.41) is 18.7. The Balaban J connectivity index is 1.38. The molecule has 1 aliphatic carbocycles. The third-order valence-electron chi connectivity index (χ3n) is 6.42. The number of carbonyl (C=O) groups excluding carboxylic acids is 2. The molecule has 8 nitrogen and oxygen atoms in total. The molecule has 8 heteroatoms. The molecule has 2 fully saturated rings. The van der Waals surface area contributed by atoms with Gasteiger partial charge in [0, 0.05) is 31.9 Å². The topological polar surface area (TPSA) is 102 Å². The number of carbonyl (C=O) groups is 2. The number of ether oxygens (including phenoxy) is 1. The van der Waals surface area contributed by atoms with Crippen molar-refractivity contribution >= 4 is 17.5 Å². The minimum atomic E-state index is -0.657. The summed E-state index contributed by atoms with van der Waals surface area (Å²) in [4.78, 5) is 29.8. The van der Waals surface area contributed by atoms with E-state index in [1.165, 1.54) is 12.1 Å². The molecule has 32 heavy (non-hydrogen) atoms. The van der Waals surface area contributed by atoms with Crippen LogP contribution in [0.3, 0.4) is 0 Å². The number of para-hydroxylation sites is 1. The molecule has 1 saturated heterocycles. The van der Waals surface area contributed by atoms with Gasteiger partial charge >= 0.3 is 0 Å². The van der Waals surface area contributed by atoms with E-state index in [0.29, 0.717) is 38.1 Å². The monoisotopic (exact) mass is 439 g/mol. The van der Waals surface area contributed by atoms with E-state index in [-0.39, 0.29) is 17.8 Å². The highest BCUT2D eigenvalue weighted by Crippen LogP contribution is 2.35. The van der Waals surface area contributed by atoms with E-state index in [4.69, 9.17) is 4.74 Å². The summed E-state index contributed by atoms with van der Waals surface area (Å²) < 4.78 is 5.97. The van der Waals surface area contributed by atoms with Gasteiger partial charge in [0.2, 0.25) is 11.8 Å². The van der Waals surface area contributed by atoms with Crippen molar-refractivity contribution in [3.63, 3.8) is 0 Å². The lowest BCUT2D eigenvalue weighted by atomic mass is 9.76. The lowest BCUT2D eigenvalue weighted by Crippen LogP contribution is -2.53. The molecular weight excluding hydrogens is 410 g/mol. The Morgan fingerprint density at radius 3 is 2.25 bits per heavy atom. The van der Waals surface area contributed by atoms with E-state index in [1.807, 2.05) is 23.1 Å². The number of hydroxylamine groups is 1. The SMILES string of the molecule is O=C(NO)[C@@H]1C[C@H](Oc2ccc(O)cc2)CC[C@H]1C(=O)N1CCN(c2ccccc2)CC1. The molecule has 4 rings (SSSR count). The minimum absolute atomic E-state index is 0.0330. The van der Waals surface area contributed by atoms with Gasteiger partial charge in [0.1, 0.15) is 11.5 Å². The Kier molecular flexibility index (Phi) is 6.80. The number of anilines is 1. The molecule has 0 aromatic heterocycles. The molecule has 0 bridgehead atoms. The van der Waals surface area contributed by atoms with Crippen LogP contribution in [0.5, 0.6) is 11.5 Å². The molecule has 1 heterocycles. The van der Waals surface area contributed by atoms with Crippen LogP contribution in [-0.4, -0.2) is 59.3 Å². The molecule has 0 radical (unpaired) electrons. The predicted molar refractivity (Wildman–Crippen MR) is 119 cm³/mol. The maximum atomic E-state index is 13.3. The first-order valence-electron chi connectivity index (χ1n) is 11.0. The van der Waals surface area contributed by atoms with Crippen LogP contribution in [0.4, 0.5) is 5.69 Å². The molecule has 1 saturated carbocycles. The molecule has 2 amide bonds. The Morgan fingerprint density at radius 2 is 1.59 bits per heavy atom. The molecule has 170 valence electrons. The number of piperazine rings is 1. The molecule has 0 unspecified atom stereocenters. The first-order valence-corrected chi connectivity index (χ1v) is 11.0. The predicted octanol–water partition coefficient (Wildman–Crippen LogP) is 2.41. The zero-order chi connectivity index (χ0) is 22.5. The number of benzene rings is 2. The van der Waals surface area contributed by atoms with Crippen molar-refractivity contribution < 1.29 is 24.6 Å². The van der Waals surface area contributed by atoms with E-state index in [1.54, 1.807) is 17.6 Å². The Labute approximate surface area is 187 Å². The lowest BCUT2D eigenvalue weighted by molar-refractivity contribution is -0.148. The van der Waals surface area contributed by atoms with Crippen molar-refractivity contribution in [2.24, 2.45) is 11.8 Å². The standard InChI is InChI=1S/C24H29N3O5/c28-18-6-8-19(9-7-18)32-20-10-11-21(22(16-20)23(29)25-31)24(30)27-14-12-26(13-15-27)17-4-2-1-3-5-17/h1-9,20-22,28,31H,10-16H2,(H,25,29)/t20-,21-,22-/m1/s1. The van der Waals surface area contributed by atoms with Crippen LogP contribution in [0.25, 0.3) is 0 Å². The third-order valence-corrected chi connectivity index (χ3v) is 6.42. The molecule has 1 aliphatic heterocycles. The number of hydrogen-bond donors (Lipinski definition) is 3. The molecule has 2 aliphatic rings. The maximum Gasteiger partial charge on any atom is 0.247 e. The normalized spacial score (nSPS) is 23.5. The van der Waals surface area contributed by atoms with E-state index < -0.39 is 17.7 Å². The number of nitrogens with one attached hydrogen (secondary N) is 1. The second-order valence-corrected chi connectivity index (χ2v) is 8.38. The summed E-state index contributed by atoms with van der Waals surface area (Å²) in [7, 11) is 0. The number of amides is 2. The quantitative estimate of drug-likeness (QED) is 0.489. The highest BCUT2D eigenvalue weighted by atomic mass is 16.5. The van der Waals surface area contributed by atoms with Gasteiger partial charge in [-0.1, -0.05) is 18.2 Å². The number of rotatable bonds is 5. The van der Waals surface area contributed by atoms with Gasteiger partial charge in [-0.15, -0.1) is 0 Å². The van der Waals surface area contributed by atoms with Crippen molar-refractivity contribution in [3.8, 4) is 11.5 Å². The van der Waals surface area contributed by atoms with Crippen LogP contribution >= 0.6 is 0 Å². The smallest absolute Gasteiger partial charge is 0.247 e. The fourth-order valence-corrected chi connectivity index (χ4v) is 4.68. The van der Waals surface area contributed by atoms with Crippen molar-refractivity contribution in [2.45, 2.75) is 25.4 Å². The zero-order valence-electron chi connectivity index (χ0n) is 17.9. The number of phenols is 1. The van der Waals surface area contributed by atoms with E-state index >= 15 is 0 Å². The van der Waals surface area contributed by atoms with Crippen LogP contribution in [0, 0.1) is 11.8 Å². The first kappa shape index (κ1) is 22.0. The van der Waals surface area contributed by atoms with Crippen LogP contribution < -0.4 is 15.1 Å². The second-order valence-electron chi connectivity index (χ2n) is 8.38. The first-order chi connectivity index (χ1) is 15.5. The maximum absolute atomic E-state index is 13.3. The molecular formula is C24H29N3O5. The fourth-order valence-electron chi connectivity index (χ4n) is 4.68. The summed E-state index contributed by atoms with van der Waals surface area (Å²) in [5.74, 6) is -0.977. The van der Waals surface area contributed by atoms with Crippen LogP contribution in [0.15, 0.2) is 54.6 Å². The van der Waals surface area contributed by atoms with E-state index in [9.17, 15) is 19.9 Å². The van der Waals surface area contributed by atoms with Gasteiger partial charge in [-0.25, -0.2) is 5.48 Å². The number of hydrogen-bond acceptors (Lipinski definition) is 6. The van der Waals surface area contributed by atoms with Gasteiger partial charge in [0.25, 0.3) is 0 Å². The van der Waals surface area contributed by atoms with E-state index in [0.717, 1.165) is 18.8 Å². The molecule has 2 aromatic carbocycles. The van der Waals surface area contributed by atoms with Crippen molar-refractivity contribution in [3.05, 3.63) is 54.6 Å². The third kappa shape index (κ3) is 4.96. The number of nitrogens with zero attached hydrogens (tertiary/aromatic N) is 2. The summed E-state index contributed by atoms with van der Waals surface area (Å²) in [6.45, 7) is 2.69. The molecule has 3 atom stereocenters. The summed E-state index contributed by atoms with van der Waals surface area (Å²) in [6.07, 6.45) is 1.24. The number of aromatic hydroxyl groups is 1.